The fraction of sp³-hybridized carbons (Fsp3) is 1.00. The summed E-state index contributed by atoms with van der Waals surface area (Å²) in [6.45, 7) is 2.14. The Balaban J connectivity index is 3.46. The van der Waals surface area contributed by atoms with Crippen molar-refractivity contribution >= 4 is 77.0 Å². The summed E-state index contributed by atoms with van der Waals surface area (Å²) < 4.78 is 0.652. The Morgan fingerprint density at radius 3 is 1.62 bits per heavy atom. The zero-order chi connectivity index (χ0) is 6.73. The molecule has 2 unspecified atom stereocenters. The van der Waals surface area contributed by atoms with E-state index in [1.165, 1.54) is 0 Å². The van der Waals surface area contributed by atoms with Crippen molar-refractivity contribution in [1.82, 2.24) is 0 Å². The van der Waals surface area contributed by atoms with Gasteiger partial charge in [0.05, 0.1) is 1.93 Å². The van der Waals surface area contributed by atoms with Gasteiger partial charge in [-0.15, -0.1) is 0 Å². The van der Waals surface area contributed by atoms with Crippen LogP contribution in [0.4, 0.5) is 0 Å². The van der Waals surface area contributed by atoms with Gasteiger partial charge in [-0.2, -0.15) is 0 Å². The number of hydrogen-bond donors (Lipinski definition) is 0. The first-order valence-corrected chi connectivity index (χ1v) is 6.44. The summed E-state index contributed by atoms with van der Waals surface area (Å²) in [6, 6.07) is 0. The van der Waals surface area contributed by atoms with Crippen LogP contribution in [0.15, 0.2) is 0 Å². The predicted molar refractivity (Wildman–Crippen MR) is 62.9 cm³/mol. The summed E-state index contributed by atoms with van der Waals surface area (Å²) in [7, 11) is 0. The van der Waals surface area contributed by atoms with Gasteiger partial charge in [0.2, 0.25) is 0 Å². The van der Waals surface area contributed by atoms with E-state index in [9.17, 15) is 0 Å². The molecule has 0 aliphatic rings. The molecule has 0 aromatic heterocycles. The van der Waals surface area contributed by atoms with Crippen LogP contribution in [0.5, 0.6) is 0 Å². The highest BCUT2D eigenvalue weighted by Gasteiger charge is 2.16. The number of halogens is 4. The largest absolute Gasteiger partial charge is 0.0881 e. The maximum Gasteiger partial charge on any atom is 0.0761 e. The summed E-state index contributed by atoms with van der Waals surface area (Å²) >= 11 is 11.8. The zero-order valence-corrected chi connectivity index (χ0v) is 11.7. The average Bonchev–Trinajstić information content (AvgIpc) is 1.64. The summed E-state index contributed by atoms with van der Waals surface area (Å²) in [4.78, 5) is 1.13. The van der Waals surface area contributed by atoms with Crippen molar-refractivity contribution in [2.75, 3.05) is 0 Å². The Labute approximate surface area is 94.1 Å². The normalized spacial score (nSPS) is 18.8. The van der Waals surface area contributed by atoms with E-state index in [-0.39, 0.29) is 0 Å². The Morgan fingerprint density at radius 2 is 1.62 bits per heavy atom. The van der Waals surface area contributed by atoms with E-state index >= 15 is 0 Å². The van der Waals surface area contributed by atoms with E-state index in [4.69, 9.17) is 0 Å². The van der Waals surface area contributed by atoms with Gasteiger partial charge in [0.25, 0.3) is 0 Å². The van der Waals surface area contributed by atoms with Crippen LogP contribution >= 0.6 is 77.0 Å². The van der Waals surface area contributed by atoms with Crippen LogP contribution in [-0.4, -0.2) is 11.6 Å². The highest BCUT2D eigenvalue weighted by molar-refractivity contribution is 14.2. The second-order valence-corrected chi connectivity index (χ2v) is 9.03. The van der Waals surface area contributed by atoms with Crippen molar-refractivity contribution in [3.05, 3.63) is 0 Å². The van der Waals surface area contributed by atoms with Crippen LogP contribution in [-0.2, 0) is 0 Å². The summed E-state index contributed by atoms with van der Waals surface area (Å²) in [5.41, 5.74) is 0. The van der Waals surface area contributed by atoms with E-state index < -0.39 is 0 Å². The van der Waals surface area contributed by atoms with Gasteiger partial charge in [0.1, 0.15) is 0 Å². The van der Waals surface area contributed by atoms with E-state index in [1.807, 2.05) is 0 Å². The third-order valence-electron chi connectivity index (χ3n) is 0.680. The van der Waals surface area contributed by atoms with E-state index in [2.05, 4.69) is 84.0 Å². The molecular weight excluding hydrogens is 462 g/mol. The topological polar surface area (TPSA) is 0 Å². The fourth-order valence-electron chi connectivity index (χ4n) is 0.200. The van der Waals surface area contributed by atoms with Gasteiger partial charge in [0, 0.05) is 9.65 Å². The van der Waals surface area contributed by atoms with Crippen LogP contribution in [0.25, 0.3) is 0 Å². The van der Waals surface area contributed by atoms with Crippen molar-refractivity contribution < 1.29 is 0 Å². The Bertz CT molecular complexity index is 57.1. The lowest BCUT2D eigenvalue weighted by molar-refractivity contribution is 0.969. The molecule has 0 fully saturated rings. The zero-order valence-electron chi connectivity index (χ0n) is 4.24. The monoisotopic (exact) mass is 466 g/mol. The molecule has 0 spiro atoms. The second kappa shape index (κ2) is 5.12. The second-order valence-electron chi connectivity index (χ2n) is 1.46. The Hall–Kier alpha value is 2.42. The van der Waals surface area contributed by atoms with E-state index in [1.54, 1.807) is 0 Å². The molecule has 0 saturated carbocycles. The number of hydrogen-bond acceptors (Lipinski definition) is 0. The van der Waals surface area contributed by atoms with Crippen LogP contribution in [0.2, 0.25) is 0 Å². The molecule has 0 N–H and O–H groups in total. The lowest BCUT2D eigenvalue weighted by atomic mass is 10.4. The van der Waals surface area contributed by atoms with Crippen molar-refractivity contribution in [2.24, 2.45) is 0 Å². The molecule has 0 rings (SSSR count). The molecule has 4 heteroatoms. The van der Waals surface area contributed by atoms with Gasteiger partial charge in [-0.05, 0) is 0 Å². The predicted octanol–water partition coefficient (Wildman–Crippen LogP) is 3.73. The molecule has 0 bridgehead atoms. The van der Waals surface area contributed by atoms with Crippen LogP contribution in [0.1, 0.15) is 6.92 Å². The van der Waals surface area contributed by atoms with E-state index in [0.717, 1.165) is 0 Å². The minimum atomic E-state index is 0.557. The maximum atomic E-state index is 3.54. The maximum absolute atomic E-state index is 3.54. The third-order valence-corrected chi connectivity index (χ3v) is 6.81. The minimum Gasteiger partial charge on any atom is -0.0881 e. The summed E-state index contributed by atoms with van der Waals surface area (Å²) in [5.74, 6) is 0. The summed E-state index contributed by atoms with van der Waals surface area (Å²) in [6.07, 6.45) is 0. The molecular formula is C4H6Br2I2. The van der Waals surface area contributed by atoms with E-state index in [0.29, 0.717) is 11.6 Å². The molecule has 0 saturated heterocycles. The molecule has 2 atom stereocenters. The third kappa shape index (κ3) is 4.27. The lowest BCUT2D eigenvalue weighted by Gasteiger charge is -2.12. The van der Waals surface area contributed by atoms with Crippen molar-refractivity contribution in [3.8, 4) is 0 Å². The van der Waals surface area contributed by atoms with Gasteiger partial charge < -0.3 is 0 Å². The average molecular weight is 468 g/mol. The molecule has 0 aromatic carbocycles. The van der Waals surface area contributed by atoms with Crippen LogP contribution < -0.4 is 0 Å². The quantitative estimate of drug-likeness (QED) is 0.429. The lowest BCUT2D eigenvalue weighted by Crippen LogP contribution is -2.16. The first-order chi connectivity index (χ1) is 3.55. The molecule has 0 aliphatic heterocycles. The van der Waals surface area contributed by atoms with Crippen molar-refractivity contribution in [1.29, 1.82) is 0 Å². The number of rotatable bonds is 2. The first kappa shape index (κ1) is 10.4. The molecule has 0 nitrogen and oxygen atoms in total. The minimum absolute atomic E-state index is 0.557. The molecule has 0 heterocycles. The fourth-order valence-corrected chi connectivity index (χ4v) is 2.89. The van der Waals surface area contributed by atoms with Crippen LogP contribution in [0.3, 0.4) is 0 Å². The van der Waals surface area contributed by atoms with Gasteiger partial charge >= 0.3 is 0 Å². The molecule has 0 amide bonds. The number of alkyl halides is 4. The Morgan fingerprint density at radius 1 is 1.25 bits per heavy atom. The molecule has 0 aromatic rings. The van der Waals surface area contributed by atoms with Crippen molar-refractivity contribution in [3.63, 3.8) is 0 Å². The molecule has 0 aliphatic carbocycles. The Kier molecular flexibility index (Phi) is 6.67. The van der Waals surface area contributed by atoms with Gasteiger partial charge in [-0.1, -0.05) is 84.0 Å². The van der Waals surface area contributed by atoms with Gasteiger partial charge in [-0.25, -0.2) is 0 Å². The first-order valence-electron chi connectivity index (χ1n) is 2.12. The standard InChI is InChI=1S/C4H6Br2I2/c1-2(5)3(6)4(7)8/h2-4H,1H3. The summed E-state index contributed by atoms with van der Waals surface area (Å²) in [5, 5.41) is 0. The van der Waals surface area contributed by atoms with Crippen LogP contribution in [0, 0.1) is 0 Å². The molecule has 0 radical (unpaired) electrons. The molecule has 50 valence electrons. The molecule has 8 heavy (non-hydrogen) atoms. The highest BCUT2D eigenvalue weighted by atomic mass is 127. The smallest absolute Gasteiger partial charge is 0.0761 e. The highest BCUT2D eigenvalue weighted by Crippen LogP contribution is 2.27. The van der Waals surface area contributed by atoms with Crippen molar-refractivity contribution in [2.45, 2.75) is 18.5 Å². The SMILES string of the molecule is CC(Br)C(Br)C(I)I. The van der Waals surface area contributed by atoms with Gasteiger partial charge in [-0.3, -0.25) is 0 Å². The van der Waals surface area contributed by atoms with Gasteiger partial charge in [0.15, 0.2) is 0 Å².